The Bertz CT molecular complexity index is 648. The SMILES string of the molecule is Cc1cccc(C(=O)COc2ccccc2C(F)(F)F)c1. The van der Waals surface area contributed by atoms with E-state index in [0.717, 1.165) is 11.6 Å². The van der Waals surface area contributed by atoms with Crippen LogP contribution in [0.4, 0.5) is 13.2 Å². The summed E-state index contributed by atoms with van der Waals surface area (Å²) in [5.41, 5.74) is 0.429. The highest BCUT2D eigenvalue weighted by Gasteiger charge is 2.34. The maximum atomic E-state index is 12.8. The zero-order chi connectivity index (χ0) is 15.5. The summed E-state index contributed by atoms with van der Waals surface area (Å²) in [7, 11) is 0. The first-order chi connectivity index (χ1) is 9.88. The smallest absolute Gasteiger partial charge is 0.419 e. The highest BCUT2D eigenvalue weighted by molar-refractivity contribution is 5.97. The fourth-order valence-corrected chi connectivity index (χ4v) is 1.87. The van der Waals surface area contributed by atoms with Gasteiger partial charge in [-0.05, 0) is 25.1 Å². The van der Waals surface area contributed by atoms with Gasteiger partial charge in [0.05, 0.1) is 5.56 Å². The molecule has 0 aliphatic carbocycles. The maximum absolute atomic E-state index is 12.8. The molecule has 0 saturated heterocycles. The number of hydrogen-bond acceptors (Lipinski definition) is 2. The molecule has 21 heavy (non-hydrogen) atoms. The molecule has 5 heteroatoms. The summed E-state index contributed by atoms with van der Waals surface area (Å²) < 4.78 is 43.4. The van der Waals surface area contributed by atoms with Crippen molar-refractivity contribution in [2.45, 2.75) is 13.1 Å². The van der Waals surface area contributed by atoms with Crippen molar-refractivity contribution in [3.63, 3.8) is 0 Å². The van der Waals surface area contributed by atoms with Crippen LogP contribution in [-0.4, -0.2) is 12.4 Å². The molecule has 0 aromatic heterocycles. The normalized spacial score (nSPS) is 11.2. The maximum Gasteiger partial charge on any atom is 0.419 e. The molecule has 2 rings (SSSR count). The molecular formula is C16H13F3O2. The minimum absolute atomic E-state index is 0.342. The average Bonchev–Trinajstić information content (AvgIpc) is 2.44. The summed E-state index contributed by atoms with van der Waals surface area (Å²) in [6.45, 7) is 1.40. The third-order valence-electron chi connectivity index (χ3n) is 2.89. The Balaban J connectivity index is 2.12. The number of carbonyl (C=O) groups excluding carboxylic acids is 1. The second-order valence-electron chi connectivity index (χ2n) is 4.58. The van der Waals surface area contributed by atoms with Crippen molar-refractivity contribution in [3.8, 4) is 5.75 Å². The lowest BCUT2D eigenvalue weighted by molar-refractivity contribution is -0.138. The molecule has 0 N–H and O–H groups in total. The van der Waals surface area contributed by atoms with E-state index in [2.05, 4.69) is 0 Å². The molecule has 0 bridgehead atoms. The molecule has 0 spiro atoms. The van der Waals surface area contributed by atoms with Crippen LogP contribution in [-0.2, 0) is 6.18 Å². The van der Waals surface area contributed by atoms with Gasteiger partial charge in [0.2, 0.25) is 0 Å². The lowest BCUT2D eigenvalue weighted by Crippen LogP contribution is -2.15. The minimum Gasteiger partial charge on any atom is -0.485 e. The van der Waals surface area contributed by atoms with Crippen LogP contribution >= 0.6 is 0 Å². The first-order valence-electron chi connectivity index (χ1n) is 6.27. The Morgan fingerprint density at radius 2 is 1.81 bits per heavy atom. The summed E-state index contributed by atoms with van der Waals surface area (Å²) in [4.78, 5) is 11.9. The van der Waals surface area contributed by atoms with Gasteiger partial charge in [0.25, 0.3) is 0 Å². The largest absolute Gasteiger partial charge is 0.485 e. The number of benzene rings is 2. The average molecular weight is 294 g/mol. The van der Waals surface area contributed by atoms with Gasteiger partial charge in [0, 0.05) is 5.56 Å². The molecule has 0 saturated carbocycles. The number of hydrogen-bond donors (Lipinski definition) is 0. The number of carbonyl (C=O) groups is 1. The van der Waals surface area contributed by atoms with Crippen molar-refractivity contribution < 1.29 is 22.7 Å². The fourth-order valence-electron chi connectivity index (χ4n) is 1.87. The quantitative estimate of drug-likeness (QED) is 0.787. The van der Waals surface area contributed by atoms with Gasteiger partial charge in [-0.25, -0.2) is 0 Å². The van der Waals surface area contributed by atoms with E-state index in [1.807, 2.05) is 13.0 Å². The molecule has 0 heterocycles. The number of Topliss-reactive ketones (excluding diaryl/α,β-unsaturated/α-hetero) is 1. The molecule has 0 aliphatic heterocycles. The molecule has 0 atom stereocenters. The van der Waals surface area contributed by atoms with E-state index in [-0.39, 0.29) is 11.5 Å². The number of alkyl halides is 3. The Labute approximate surface area is 120 Å². The van der Waals surface area contributed by atoms with Gasteiger partial charge >= 0.3 is 6.18 Å². The predicted molar refractivity (Wildman–Crippen MR) is 72.4 cm³/mol. The minimum atomic E-state index is -4.51. The highest BCUT2D eigenvalue weighted by atomic mass is 19.4. The number of ketones is 1. The topological polar surface area (TPSA) is 26.3 Å². The molecule has 2 nitrogen and oxygen atoms in total. The Kier molecular flexibility index (Phi) is 4.31. The number of aryl methyl sites for hydroxylation is 1. The van der Waals surface area contributed by atoms with Crippen molar-refractivity contribution in [2.24, 2.45) is 0 Å². The van der Waals surface area contributed by atoms with Crippen molar-refractivity contribution in [1.29, 1.82) is 0 Å². The molecule has 0 amide bonds. The van der Waals surface area contributed by atoms with Crippen LogP contribution in [0.5, 0.6) is 5.75 Å². The molecule has 2 aromatic carbocycles. The van der Waals surface area contributed by atoms with Gasteiger partial charge < -0.3 is 4.74 Å². The second-order valence-corrected chi connectivity index (χ2v) is 4.58. The lowest BCUT2D eigenvalue weighted by atomic mass is 10.1. The van der Waals surface area contributed by atoms with Crippen LogP contribution < -0.4 is 4.74 Å². The summed E-state index contributed by atoms with van der Waals surface area (Å²) in [5, 5.41) is 0. The molecular weight excluding hydrogens is 281 g/mol. The summed E-state index contributed by atoms with van der Waals surface area (Å²) in [6.07, 6.45) is -4.51. The van der Waals surface area contributed by atoms with Gasteiger partial charge in [0.15, 0.2) is 12.4 Å². The first-order valence-corrected chi connectivity index (χ1v) is 6.27. The molecule has 110 valence electrons. The Morgan fingerprint density at radius 3 is 2.48 bits per heavy atom. The van der Waals surface area contributed by atoms with Crippen molar-refractivity contribution in [2.75, 3.05) is 6.61 Å². The third kappa shape index (κ3) is 3.84. The van der Waals surface area contributed by atoms with E-state index in [4.69, 9.17) is 4.74 Å². The standard InChI is InChI=1S/C16H13F3O2/c1-11-5-4-6-12(9-11)14(20)10-21-15-8-3-2-7-13(15)16(17,18)19/h2-9H,10H2,1H3. The van der Waals surface area contributed by atoms with E-state index in [1.54, 1.807) is 18.2 Å². The van der Waals surface area contributed by atoms with E-state index < -0.39 is 18.3 Å². The van der Waals surface area contributed by atoms with Gasteiger partial charge in [-0.15, -0.1) is 0 Å². The van der Waals surface area contributed by atoms with Crippen LogP contribution in [0.2, 0.25) is 0 Å². The zero-order valence-electron chi connectivity index (χ0n) is 11.3. The van der Waals surface area contributed by atoms with Crippen LogP contribution in [0.3, 0.4) is 0 Å². The Hall–Kier alpha value is -2.30. The van der Waals surface area contributed by atoms with E-state index in [1.165, 1.54) is 18.2 Å². The van der Waals surface area contributed by atoms with E-state index >= 15 is 0 Å². The highest BCUT2D eigenvalue weighted by Crippen LogP contribution is 2.35. The molecule has 0 radical (unpaired) electrons. The van der Waals surface area contributed by atoms with E-state index in [0.29, 0.717) is 5.56 Å². The summed E-state index contributed by atoms with van der Waals surface area (Å²) >= 11 is 0. The number of rotatable bonds is 4. The van der Waals surface area contributed by atoms with Crippen LogP contribution in [0.25, 0.3) is 0 Å². The van der Waals surface area contributed by atoms with Crippen LogP contribution in [0, 0.1) is 6.92 Å². The molecule has 0 fully saturated rings. The number of para-hydroxylation sites is 1. The monoisotopic (exact) mass is 294 g/mol. The fraction of sp³-hybridized carbons (Fsp3) is 0.188. The van der Waals surface area contributed by atoms with Gasteiger partial charge in [-0.3, -0.25) is 4.79 Å². The zero-order valence-corrected chi connectivity index (χ0v) is 11.3. The molecule has 0 unspecified atom stereocenters. The number of halogens is 3. The summed E-state index contributed by atoms with van der Waals surface area (Å²) in [5.74, 6) is -0.707. The Morgan fingerprint density at radius 1 is 1.10 bits per heavy atom. The van der Waals surface area contributed by atoms with Gasteiger partial charge in [-0.1, -0.05) is 35.9 Å². The second kappa shape index (κ2) is 5.99. The summed E-state index contributed by atoms with van der Waals surface area (Å²) in [6, 6.07) is 11.6. The van der Waals surface area contributed by atoms with Crippen molar-refractivity contribution in [1.82, 2.24) is 0 Å². The van der Waals surface area contributed by atoms with Crippen LogP contribution in [0.1, 0.15) is 21.5 Å². The van der Waals surface area contributed by atoms with Crippen molar-refractivity contribution in [3.05, 3.63) is 65.2 Å². The molecule has 2 aromatic rings. The van der Waals surface area contributed by atoms with Gasteiger partial charge in [-0.2, -0.15) is 13.2 Å². The third-order valence-corrected chi connectivity index (χ3v) is 2.89. The lowest BCUT2D eigenvalue weighted by Gasteiger charge is -2.13. The van der Waals surface area contributed by atoms with E-state index in [9.17, 15) is 18.0 Å². The van der Waals surface area contributed by atoms with Crippen molar-refractivity contribution >= 4 is 5.78 Å². The predicted octanol–water partition coefficient (Wildman–Crippen LogP) is 4.28. The number of ether oxygens (including phenoxy) is 1. The molecule has 0 aliphatic rings. The first kappa shape index (κ1) is 15.1. The van der Waals surface area contributed by atoms with Crippen LogP contribution in [0.15, 0.2) is 48.5 Å². The van der Waals surface area contributed by atoms with Gasteiger partial charge in [0.1, 0.15) is 5.75 Å².